The molecule has 0 aromatic heterocycles. The number of nitrogens with one attached hydrogen (secondary N) is 1. The number of para-hydroxylation sites is 1. The van der Waals surface area contributed by atoms with Gasteiger partial charge in [-0.15, -0.1) is 0 Å². The van der Waals surface area contributed by atoms with Gasteiger partial charge < -0.3 is 14.8 Å². The maximum absolute atomic E-state index is 12.2. The van der Waals surface area contributed by atoms with Crippen molar-refractivity contribution >= 4 is 5.91 Å². The number of ether oxygens (including phenoxy) is 2. The van der Waals surface area contributed by atoms with Gasteiger partial charge in [-0.2, -0.15) is 0 Å². The van der Waals surface area contributed by atoms with E-state index >= 15 is 0 Å². The molecule has 1 fully saturated rings. The first-order valence-electron chi connectivity index (χ1n) is 7.64. The number of amides is 1. The maximum Gasteiger partial charge on any atom is 0.260 e. The number of hydrogen-bond acceptors (Lipinski definition) is 3. The van der Waals surface area contributed by atoms with E-state index in [2.05, 4.69) is 5.32 Å². The fraction of sp³-hybridized carbons (Fsp3) is 0.588. The van der Waals surface area contributed by atoms with Crippen LogP contribution in [0.5, 0.6) is 5.75 Å². The molecular formula is C17H25NO3. The Morgan fingerprint density at radius 3 is 2.57 bits per heavy atom. The Morgan fingerprint density at radius 1 is 1.29 bits per heavy atom. The first-order chi connectivity index (χ1) is 10.2. The molecule has 116 valence electrons. The van der Waals surface area contributed by atoms with E-state index in [9.17, 15) is 4.79 Å². The van der Waals surface area contributed by atoms with E-state index in [1.807, 2.05) is 30.3 Å². The Hall–Kier alpha value is -1.55. The highest BCUT2D eigenvalue weighted by Gasteiger charge is 2.34. The second-order valence-corrected chi connectivity index (χ2v) is 5.93. The fourth-order valence-electron chi connectivity index (χ4n) is 2.98. The molecule has 1 amide bonds. The van der Waals surface area contributed by atoms with Crippen LogP contribution in [0.2, 0.25) is 0 Å². The second-order valence-electron chi connectivity index (χ2n) is 5.93. The van der Waals surface area contributed by atoms with Crippen LogP contribution in [0.15, 0.2) is 30.3 Å². The largest absolute Gasteiger partial charge is 0.481 e. The number of carbonyl (C=O) groups excluding carboxylic acids is 1. The Balaban J connectivity index is 1.83. The van der Waals surface area contributed by atoms with Gasteiger partial charge in [-0.05, 0) is 31.9 Å². The van der Waals surface area contributed by atoms with Crippen molar-refractivity contribution in [3.8, 4) is 5.75 Å². The molecule has 1 N–H and O–H groups in total. The van der Waals surface area contributed by atoms with Crippen LogP contribution in [0.1, 0.15) is 32.6 Å². The van der Waals surface area contributed by atoms with E-state index < -0.39 is 6.10 Å². The summed E-state index contributed by atoms with van der Waals surface area (Å²) in [5.41, 5.74) is 0.108. The molecule has 1 saturated carbocycles. The molecule has 0 unspecified atom stereocenters. The summed E-state index contributed by atoms with van der Waals surface area (Å²) in [6.07, 6.45) is 4.18. The van der Waals surface area contributed by atoms with Crippen molar-refractivity contribution < 1.29 is 14.3 Å². The summed E-state index contributed by atoms with van der Waals surface area (Å²) >= 11 is 0. The molecular weight excluding hydrogens is 266 g/mol. The zero-order chi connectivity index (χ0) is 15.1. The molecule has 0 heterocycles. The topological polar surface area (TPSA) is 47.6 Å². The van der Waals surface area contributed by atoms with E-state index in [1.54, 1.807) is 14.0 Å². The molecule has 4 heteroatoms. The standard InChI is InChI=1S/C17H25NO3/c1-14(21-15-8-4-3-5-9-15)16(19)18-12-17(13-20-2)10-6-7-11-17/h3-5,8-9,14H,6-7,10-13H2,1-2H3,(H,18,19)/t14-/m1/s1. The number of methoxy groups -OCH3 is 1. The van der Waals surface area contributed by atoms with Gasteiger partial charge in [0, 0.05) is 19.1 Å². The van der Waals surface area contributed by atoms with Crippen LogP contribution in [0.4, 0.5) is 0 Å². The predicted octanol–water partition coefficient (Wildman–Crippen LogP) is 2.78. The Bertz CT molecular complexity index is 441. The summed E-state index contributed by atoms with van der Waals surface area (Å²) in [7, 11) is 1.73. The molecule has 0 aliphatic heterocycles. The third-order valence-electron chi connectivity index (χ3n) is 4.18. The predicted molar refractivity (Wildman–Crippen MR) is 82.3 cm³/mol. The maximum atomic E-state index is 12.2. The number of carbonyl (C=O) groups is 1. The average molecular weight is 291 g/mol. The smallest absolute Gasteiger partial charge is 0.260 e. The highest BCUT2D eigenvalue weighted by atomic mass is 16.5. The molecule has 1 aromatic rings. The van der Waals surface area contributed by atoms with Crippen LogP contribution in [0, 0.1) is 5.41 Å². The van der Waals surface area contributed by atoms with E-state index in [1.165, 1.54) is 12.8 Å². The zero-order valence-corrected chi connectivity index (χ0v) is 12.9. The molecule has 0 radical (unpaired) electrons. The van der Waals surface area contributed by atoms with Gasteiger partial charge in [0.25, 0.3) is 5.91 Å². The Morgan fingerprint density at radius 2 is 1.95 bits per heavy atom. The van der Waals surface area contributed by atoms with Gasteiger partial charge in [-0.25, -0.2) is 0 Å². The van der Waals surface area contributed by atoms with Gasteiger partial charge >= 0.3 is 0 Å². The molecule has 0 bridgehead atoms. The van der Waals surface area contributed by atoms with E-state index in [0.717, 1.165) is 12.8 Å². The molecule has 2 rings (SSSR count). The van der Waals surface area contributed by atoms with Crippen molar-refractivity contribution in [3.05, 3.63) is 30.3 Å². The van der Waals surface area contributed by atoms with Gasteiger partial charge in [-0.1, -0.05) is 31.0 Å². The van der Waals surface area contributed by atoms with Gasteiger partial charge in [-0.3, -0.25) is 4.79 Å². The lowest BCUT2D eigenvalue weighted by atomic mass is 9.87. The van der Waals surface area contributed by atoms with Crippen LogP contribution in [-0.4, -0.2) is 32.3 Å². The van der Waals surface area contributed by atoms with Crippen molar-refractivity contribution in [3.63, 3.8) is 0 Å². The first kappa shape index (κ1) is 15.8. The summed E-state index contributed by atoms with van der Waals surface area (Å²) in [5.74, 6) is 0.647. The van der Waals surface area contributed by atoms with Crippen molar-refractivity contribution in [2.75, 3.05) is 20.3 Å². The summed E-state index contributed by atoms with van der Waals surface area (Å²) < 4.78 is 11.0. The van der Waals surface area contributed by atoms with Gasteiger partial charge in [0.1, 0.15) is 5.75 Å². The van der Waals surface area contributed by atoms with Gasteiger partial charge in [0.15, 0.2) is 6.10 Å². The second kappa shape index (κ2) is 7.46. The lowest BCUT2D eigenvalue weighted by Crippen LogP contribution is -2.43. The molecule has 1 atom stereocenters. The minimum atomic E-state index is -0.492. The van der Waals surface area contributed by atoms with Gasteiger partial charge in [0.2, 0.25) is 0 Å². The number of hydrogen-bond donors (Lipinski definition) is 1. The minimum absolute atomic E-state index is 0.0683. The van der Waals surface area contributed by atoms with Crippen molar-refractivity contribution in [2.24, 2.45) is 5.41 Å². The third-order valence-corrected chi connectivity index (χ3v) is 4.18. The monoisotopic (exact) mass is 291 g/mol. The normalized spacial score (nSPS) is 18.2. The lowest BCUT2D eigenvalue weighted by Gasteiger charge is -2.29. The quantitative estimate of drug-likeness (QED) is 0.840. The highest BCUT2D eigenvalue weighted by molar-refractivity contribution is 5.80. The Labute approximate surface area is 126 Å². The average Bonchev–Trinajstić information content (AvgIpc) is 2.95. The molecule has 1 aromatic carbocycles. The van der Waals surface area contributed by atoms with E-state index in [-0.39, 0.29) is 11.3 Å². The van der Waals surface area contributed by atoms with E-state index in [0.29, 0.717) is 18.9 Å². The molecule has 0 spiro atoms. The van der Waals surface area contributed by atoms with Crippen LogP contribution in [0.25, 0.3) is 0 Å². The fourth-order valence-corrected chi connectivity index (χ4v) is 2.98. The number of benzene rings is 1. The first-order valence-corrected chi connectivity index (χ1v) is 7.64. The van der Waals surface area contributed by atoms with Crippen LogP contribution in [-0.2, 0) is 9.53 Å². The zero-order valence-electron chi connectivity index (χ0n) is 12.9. The summed E-state index contributed by atoms with van der Waals surface area (Å²) in [6.45, 7) is 3.16. The van der Waals surface area contributed by atoms with Crippen LogP contribution in [0.3, 0.4) is 0 Å². The number of rotatable bonds is 7. The molecule has 4 nitrogen and oxygen atoms in total. The third kappa shape index (κ3) is 4.46. The van der Waals surface area contributed by atoms with Crippen molar-refractivity contribution in [1.82, 2.24) is 5.32 Å². The molecule has 21 heavy (non-hydrogen) atoms. The SMILES string of the molecule is COCC1(CNC(=O)[C@@H](C)Oc2ccccc2)CCCC1. The Kier molecular flexibility index (Phi) is 5.62. The van der Waals surface area contributed by atoms with Gasteiger partial charge in [0.05, 0.1) is 6.61 Å². The summed E-state index contributed by atoms with van der Waals surface area (Å²) in [5, 5.41) is 3.03. The van der Waals surface area contributed by atoms with E-state index in [4.69, 9.17) is 9.47 Å². The molecule has 0 saturated heterocycles. The van der Waals surface area contributed by atoms with Crippen molar-refractivity contribution in [1.29, 1.82) is 0 Å². The molecule has 1 aliphatic rings. The highest BCUT2D eigenvalue weighted by Crippen LogP contribution is 2.37. The molecule has 1 aliphatic carbocycles. The summed E-state index contributed by atoms with van der Waals surface area (Å²) in [6, 6.07) is 9.42. The van der Waals surface area contributed by atoms with Crippen LogP contribution >= 0.6 is 0 Å². The minimum Gasteiger partial charge on any atom is -0.481 e. The lowest BCUT2D eigenvalue weighted by molar-refractivity contribution is -0.128. The van der Waals surface area contributed by atoms with Crippen LogP contribution < -0.4 is 10.1 Å². The van der Waals surface area contributed by atoms with Crippen molar-refractivity contribution in [2.45, 2.75) is 38.7 Å². The summed E-state index contributed by atoms with van der Waals surface area (Å²) in [4.78, 5) is 12.2.